The molecule has 0 saturated carbocycles. The maximum atomic E-state index is 13.3. The van der Waals surface area contributed by atoms with E-state index in [1.807, 2.05) is 60.5 Å². The minimum absolute atomic E-state index is 0.0150. The molecule has 1 aromatic carbocycles. The Bertz CT molecular complexity index is 1130. The molecule has 1 aliphatic rings. The molecule has 4 rings (SSSR count). The molecule has 3 heterocycles. The van der Waals surface area contributed by atoms with E-state index in [0.29, 0.717) is 17.7 Å². The molecule has 4 N–H and O–H groups in total. The molecule has 33 heavy (non-hydrogen) atoms. The van der Waals surface area contributed by atoms with Gasteiger partial charge in [0.05, 0.1) is 17.3 Å². The summed E-state index contributed by atoms with van der Waals surface area (Å²) >= 11 is 0. The lowest BCUT2D eigenvalue weighted by molar-refractivity contribution is -0.145. The van der Waals surface area contributed by atoms with Gasteiger partial charge in [-0.3, -0.25) is 4.79 Å². The average Bonchev–Trinajstić information content (AvgIpc) is 3.19. The minimum atomic E-state index is -1.46. The third kappa shape index (κ3) is 5.89. The third-order valence-corrected chi connectivity index (χ3v) is 5.97. The van der Waals surface area contributed by atoms with Crippen LogP contribution >= 0.6 is 0 Å². The maximum Gasteiger partial charge on any atom is 0.256 e. The van der Waals surface area contributed by atoms with E-state index in [4.69, 9.17) is 21.0 Å². The number of aryl methyl sites for hydroxylation is 3. The first-order valence-electron chi connectivity index (χ1n) is 11.5. The number of likely N-dealkylation sites (tertiary alicyclic amines) is 1. The Labute approximate surface area is 195 Å². The Morgan fingerprint density at radius 3 is 2.55 bits per heavy atom. The topological polar surface area (TPSA) is 117 Å². The van der Waals surface area contributed by atoms with Crippen LogP contribution in [0.25, 0.3) is 5.65 Å². The Kier molecular flexibility index (Phi) is 7.39. The number of piperidine rings is 1. The number of rotatable bonds is 3. The van der Waals surface area contributed by atoms with Crippen LogP contribution in [0.2, 0.25) is 0 Å². The zero-order chi connectivity index (χ0) is 24.3. The molecule has 0 aliphatic carbocycles. The van der Waals surface area contributed by atoms with E-state index in [9.17, 15) is 4.79 Å². The number of carbonyl (C=O) groups excluding carboxylic acids is 1. The number of nitrogen functional groups attached to an aromatic ring is 1. The van der Waals surface area contributed by atoms with Crippen molar-refractivity contribution in [3.05, 3.63) is 58.5 Å². The van der Waals surface area contributed by atoms with Crippen molar-refractivity contribution in [2.75, 3.05) is 12.3 Å². The van der Waals surface area contributed by atoms with Gasteiger partial charge in [-0.05, 0) is 71.6 Å². The van der Waals surface area contributed by atoms with Crippen molar-refractivity contribution in [2.24, 2.45) is 0 Å². The molecule has 3 aromatic rings. The summed E-state index contributed by atoms with van der Waals surface area (Å²) in [6, 6.07) is 9.59. The fourth-order valence-corrected chi connectivity index (χ4v) is 3.96. The number of aromatic nitrogens is 3. The van der Waals surface area contributed by atoms with Gasteiger partial charge in [-0.25, -0.2) is 9.50 Å². The Morgan fingerprint density at radius 2 is 1.88 bits per heavy atom. The molecule has 0 bridgehead atoms. The van der Waals surface area contributed by atoms with E-state index in [-0.39, 0.29) is 11.9 Å². The molecule has 178 valence electrons. The van der Waals surface area contributed by atoms with Gasteiger partial charge in [0, 0.05) is 29.7 Å². The number of amides is 1. The first-order valence-corrected chi connectivity index (χ1v) is 11.5. The fraction of sp³-hybridized carbons (Fsp3) is 0.480. The van der Waals surface area contributed by atoms with Gasteiger partial charge in [0.15, 0.2) is 11.4 Å². The van der Waals surface area contributed by atoms with Crippen LogP contribution < -0.4 is 5.73 Å². The van der Waals surface area contributed by atoms with Crippen LogP contribution in [-0.2, 0) is 0 Å². The molecule has 1 amide bonds. The summed E-state index contributed by atoms with van der Waals surface area (Å²) < 4.78 is 1.86. The van der Waals surface area contributed by atoms with E-state index < -0.39 is 5.79 Å². The second-order valence-electron chi connectivity index (χ2n) is 9.05. The van der Waals surface area contributed by atoms with Crippen LogP contribution in [0.4, 0.5) is 5.69 Å². The summed E-state index contributed by atoms with van der Waals surface area (Å²) in [5.41, 5.74) is 12.0. The zero-order valence-corrected chi connectivity index (χ0v) is 20.2. The Balaban J connectivity index is 0.000000454. The smallest absolute Gasteiger partial charge is 0.256 e. The molecule has 8 nitrogen and oxygen atoms in total. The number of nitrogens with zero attached hydrogens (tertiary/aromatic N) is 4. The van der Waals surface area contributed by atoms with Gasteiger partial charge in [0.1, 0.15) is 0 Å². The summed E-state index contributed by atoms with van der Waals surface area (Å²) in [5, 5.41) is 21.5. The summed E-state index contributed by atoms with van der Waals surface area (Å²) in [7, 11) is 0. The molecule has 0 radical (unpaired) electrons. The Hall–Kier alpha value is -2.97. The van der Waals surface area contributed by atoms with E-state index in [1.54, 1.807) is 6.92 Å². The Morgan fingerprint density at radius 1 is 1.18 bits per heavy atom. The summed E-state index contributed by atoms with van der Waals surface area (Å²) in [6.45, 7) is 9.76. The summed E-state index contributed by atoms with van der Waals surface area (Å²) in [4.78, 5) is 19.8. The molecule has 1 fully saturated rings. The minimum Gasteiger partial charge on any atom is -0.398 e. The fourth-order valence-electron chi connectivity index (χ4n) is 3.96. The number of fused-ring (bicyclic) bond motifs is 1. The van der Waals surface area contributed by atoms with Gasteiger partial charge in [0.2, 0.25) is 0 Å². The molecular weight excluding hydrogens is 418 g/mol. The van der Waals surface area contributed by atoms with Crippen molar-refractivity contribution in [1.82, 2.24) is 19.5 Å². The number of nitrogens with two attached hydrogens (primary N) is 1. The third-order valence-electron chi connectivity index (χ3n) is 5.97. The van der Waals surface area contributed by atoms with Crippen molar-refractivity contribution in [2.45, 2.75) is 72.1 Å². The lowest BCUT2D eigenvalue weighted by Gasteiger charge is -2.35. The molecule has 0 spiro atoms. The monoisotopic (exact) mass is 453 g/mol. The number of carbonyl (C=O) groups is 1. The van der Waals surface area contributed by atoms with Gasteiger partial charge >= 0.3 is 0 Å². The molecule has 1 saturated heterocycles. The second kappa shape index (κ2) is 9.89. The maximum absolute atomic E-state index is 13.3. The van der Waals surface area contributed by atoms with E-state index in [0.717, 1.165) is 54.1 Å². The quantitative estimate of drug-likeness (QED) is 0.411. The second-order valence-corrected chi connectivity index (χ2v) is 9.05. The highest BCUT2D eigenvalue weighted by Gasteiger charge is 2.31. The molecule has 8 heteroatoms. The van der Waals surface area contributed by atoms with Crippen molar-refractivity contribution in [3.63, 3.8) is 0 Å². The van der Waals surface area contributed by atoms with Gasteiger partial charge < -0.3 is 20.8 Å². The number of anilines is 1. The molecule has 2 aromatic heterocycles. The first kappa shape index (κ1) is 24.7. The van der Waals surface area contributed by atoms with E-state index in [2.05, 4.69) is 4.98 Å². The van der Waals surface area contributed by atoms with Gasteiger partial charge in [0.25, 0.3) is 5.91 Å². The van der Waals surface area contributed by atoms with Crippen molar-refractivity contribution >= 4 is 17.2 Å². The SMILES string of the molecule is CCC(C)(O)O.Cc1ccc(N)c(C(=O)N2CCCC[C@H]2c2cc3nc(C)cc(C)n3n2)c1. The largest absolute Gasteiger partial charge is 0.398 e. The highest BCUT2D eigenvalue weighted by molar-refractivity contribution is 5.99. The van der Waals surface area contributed by atoms with E-state index >= 15 is 0 Å². The van der Waals surface area contributed by atoms with Crippen molar-refractivity contribution in [1.29, 1.82) is 0 Å². The molecule has 1 aliphatic heterocycles. The first-order chi connectivity index (χ1) is 15.5. The summed E-state index contributed by atoms with van der Waals surface area (Å²) in [5.74, 6) is -1.47. The number of aliphatic hydroxyl groups is 2. The molecular formula is C25H35N5O3. The number of hydrogen-bond donors (Lipinski definition) is 3. The van der Waals surface area contributed by atoms with Crippen LogP contribution in [0.3, 0.4) is 0 Å². The van der Waals surface area contributed by atoms with Gasteiger partial charge in [-0.15, -0.1) is 0 Å². The molecule has 0 unspecified atom stereocenters. The van der Waals surface area contributed by atoms with Gasteiger partial charge in [-0.1, -0.05) is 18.6 Å². The van der Waals surface area contributed by atoms with Crippen molar-refractivity contribution in [3.8, 4) is 0 Å². The number of hydrogen-bond acceptors (Lipinski definition) is 6. The average molecular weight is 454 g/mol. The summed E-state index contributed by atoms with van der Waals surface area (Å²) in [6.07, 6.45) is 3.36. The van der Waals surface area contributed by atoms with Crippen LogP contribution in [0.1, 0.15) is 78.6 Å². The zero-order valence-electron chi connectivity index (χ0n) is 20.2. The normalized spacial score (nSPS) is 16.5. The lowest BCUT2D eigenvalue weighted by Crippen LogP contribution is -2.39. The predicted molar refractivity (Wildman–Crippen MR) is 129 cm³/mol. The van der Waals surface area contributed by atoms with Crippen LogP contribution in [0, 0.1) is 20.8 Å². The van der Waals surface area contributed by atoms with Crippen LogP contribution in [-0.4, -0.2) is 48.0 Å². The van der Waals surface area contributed by atoms with E-state index in [1.165, 1.54) is 6.92 Å². The standard InChI is InChI=1S/C21H25N5O.C4H10O2/c1-13-7-8-17(22)16(10-13)21(27)25-9-5-4-6-19(25)18-12-20-23-14(2)11-15(3)26(20)24-18;1-3-4(2,5)6/h7-8,10-12,19H,4-6,9,22H2,1-3H3;5-6H,3H2,1-2H3/t19-;/m0./s1. The van der Waals surface area contributed by atoms with Crippen LogP contribution in [0.15, 0.2) is 30.3 Å². The number of benzene rings is 1. The lowest BCUT2D eigenvalue weighted by atomic mass is 9.97. The van der Waals surface area contributed by atoms with Gasteiger partial charge in [-0.2, -0.15) is 5.10 Å². The van der Waals surface area contributed by atoms with Crippen molar-refractivity contribution < 1.29 is 15.0 Å². The molecule has 1 atom stereocenters. The predicted octanol–water partition coefficient (Wildman–Crippen LogP) is 3.70. The highest BCUT2D eigenvalue weighted by atomic mass is 16.5. The van der Waals surface area contributed by atoms with Crippen LogP contribution in [0.5, 0.6) is 0 Å². The highest BCUT2D eigenvalue weighted by Crippen LogP contribution is 2.33.